The maximum Gasteiger partial charge on any atom is 0.344 e. The van der Waals surface area contributed by atoms with Gasteiger partial charge in [0.1, 0.15) is 16.9 Å². The van der Waals surface area contributed by atoms with Crippen LogP contribution in [-0.4, -0.2) is 19.2 Å². The van der Waals surface area contributed by atoms with Gasteiger partial charge >= 0.3 is 11.6 Å². The van der Waals surface area contributed by atoms with E-state index in [4.69, 9.17) is 24.4 Å². The lowest BCUT2D eigenvalue weighted by Crippen LogP contribution is -2.31. The highest BCUT2D eigenvalue weighted by atomic mass is 16.5. The standard InChI is InChI=1S/C23H21NO6/c1-3-27-14-9-7-8-13(12-14)17-18-20(30-21(24)19(17)22(25)28-4-2)15-10-5-6-11-16(15)29-23(18)26/h5-12,17H,3-4,24H2,1-2H3/t17-/m0/s1. The Morgan fingerprint density at radius 2 is 1.90 bits per heavy atom. The molecule has 2 heterocycles. The molecule has 154 valence electrons. The second-order valence-electron chi connectivity index (χ2n) is 6.67. The second-order valence-corrected chi connectivity index (χ2v) is 6.67. The number of fused-ring (bicyclic) bond motifs is 3. The van der Waals surface area contributed by atoms with Gasteiger partial charge in [-0.05, 0) is 43.7 Å². The molecule has 1 aliphatic rings. The molecule has 1 atom stereocenters. The van der Waals surface area contributed by atoms with Crippen molar-refractivity contribution in [3.63, 3.8) is 0 Å². The fourth-order valence-corrected chi connectivity index (χ4v) is 3.66. The van der Waals surface area contributed by atoms with E-state index in [1.165, 1.54) is 0 Å². The summed E-state index contributed by atoms with van der Waals surface area (Å²) in [5.41, 5.74) is 6.84. The van der Waals surface area contributed by atoms with Crippen LogP contribution in [0.5, 0.6) is 11.5 Å². The van der Waals surface area contributed by atoms with Gasteiger partial charge in [0.15, 0.2) is 5.75 Å². The van der Waals surface area contributed by atoms with Crippen LogP contribution < -0.4 is 20.8 Å². The number of carbonyl (C=O) groups is 1. The van der Waals surface area contributed by atoms with E-state index in [-0.39, 0.29) is 29.4 Å². The summed E-state index contributed by atoms with van der Waals surface area (Å²) in [7, 11) is 0. The molecule has 3 aromatic rings. The number of hydrogen-bond acceptors (Lipinski definition) is 7. The minimum Gasteiger partial charge on any atom is -0.494 e. The Morgan fingerprint density at radius 3 is 2.67 bits per heavy atom. The van der Waals surface area contributed by atoms with Crippen molar-refractivity contribution in [1.82, 2.24) is 0 Å². The number of ether oxygens (including phenoxy) is 3. The Labute approximate surface area is 172 Å². The lowest BCUT2D eigenvalue weighted by atomic mass is 9.83. The van der Waals surface area contributed by atoms with Crippen LogP contribution in [0.25, 0.3) is 11.0 Å². The first kappa shape index (κ1) is 19.6. The lowest BCUT2D eigenvalue weighted by Gasteiger charge is -2.28. The molecule has 7 nitrogen and oxygen atoms in total. The number of hydrogen-bond donors (Lipinski definition) is 1. The molecular weight excluding hydrogens is 386 g/mol. The van der Waals surface area contributed by atoms with Crippen molar-refractivity contribution in [1.29, 1.82) is 0 Å². The van der Waals surface area contributed by atoms with Crippen molar-refractivity contribution in [2.24, 2.45) is 5.73 Å². The zero-order chi connectivity index (χ0) is 21.3. The van der Waals surface area contributed by atoms with Gasteiger partial charge in [0.2, 0.25) is 5.88 Å². The third-order valence-corrected chi connectivity index (χ3v) is 4.85. The van der Waals surface area contributed by atoms with Gasteiger partial charge in [-0.3, -0.25) is 0 Å². The van der Waals surface area contributed by atoms with Crippen LogP contribution >= 0.6 is 0 Å². The number of para-hydroxylation sites is 1. The smallest absolute Gasteiger partial charge is 0.344 e. The van der Waals surface area contributed by atoms with E-state index >= 15 is 0 Å². The maximum absolute atomic E-state index is 13.0. The second kappa shape index (κ2) is 7.94. The number of nitrogens with two attached hydrogens (primary N) is 1. The minimum atomic E-state index is -0.825. The van der Waals surface area contributed by atoms with Crippen molar-refractivity contribution in [2.75, 3.05) is 13.2 Å². The third-order valence-electron chi connectivity index (χ3n) is 4.85. The fourth-order valence-electron chi connectivity index (χ4n) is 3.66. The van der Waals surface area contributed by atoms with E-state index in [2.05, 4.69) is 0 Å². The largest absolute Gasteiger partial charge is 0.494 e. The van der Waals surface area contributed by atoms with Crippen molar-refractivity contribution < 1.29 is 23.4 Å². The zero-order valence-corrected chi connectivity index (χ0v) is 16.6. The Morgan fingerprint density at radius 1 is 1.10 bits per heavy atom. The molecule has 2 N–H and O–H groups in total. The predicted octanol–water partition coefficient (Wildman–Crippen LogP) is 3.45. The quantitative estimate of drug-likeness (QED) is 0.511. The van der Waals surface area contributed by atoms with Crippen LogP contribution in [-0.2, 0) is 9.53 Å². The molecule has 1 aromatic heterocycles. The number of carbonyl (C=O) groups excluding carboxylic acids is 1. The first-order valence-electron chi connectivity index (χ1n) is 9.68. The Bertz CT molecular complexity index is 1210. The van der Waals surface area contributed by atoms with E-state index in [0.717, 1.165) is 0 Å². The van der Waals surface area contributed by atoms with E-state index in [1.807, 2.05) is 6.92 Å². The molecule has 0 spiro atoms. The molecule has 4 rings (SSSR count). The highest BCUT2D eigenvalue weighted by Crippen LogP contribution is 2.44. The normalized spacial score (nSPS) is 15.5. The van der Waals surface area contributed by atoms with Crippen molar-refractivity contribution >= 4 is 16.9 Å². The van der Waals surface area contributed by atoms with Gasteiger partial charge in [0, 0.05) is 0 Å². The maximum atomic E-state index is 13.0. The lowest BCUT2D eigenvalue weighted by molar-refractivity contribution is -0.139. The fraction of sp³-hybridized carbons (Fsp3) is 0.217. The molecule has 1 aliphatic heterocycles. The zero-order valence-electron chi connectivity index (χ0n) is 16.6. The first-order chi connectivity index (χ1) is 14.5. The SMILES string of the molecule is CCOC(=O)C1=C(N)Oc2c(c(=O)oc3ccccc23)[C@@H]1c1cccc(OCC)c1. The summed E-state index contributed by atoms with van der Waals surface area (Å²) in [5, 5.41) is 0.587. The van der Waals surface area contributed by atoms with Crippen molar-refractivity contribution in [3.8, 4) is 11.5 Å². The summed E-state index contributed by atoms with van der Waals surface area (Å²) >= 11 is 0. The Hall–Kier alpha value is -3.74. The molecule has 0 fully saturated rings. The summed E-state index contributed by atoms with van der Waals surface area (Å²) in [6.07, 6.45) is 0. The van der Waals surface area contributed by atoms with Crippen molar-refractivity contribution in [2.45, 2.75) is 19.8 Å². The molecule has 0 saturated carbocycles. The summed E-state index contributed by atoms with van der Waals surface area (Å²) in [5.74, 6) is -0.702. The number of rotatable bonds is 5. The molecule has 0 radical (unpaired) electrons. The molecule has 0 amide bonds. The van der Waals surface area contributed by atoms with Crippen molar-refractivity contribution in [3.05, 3.63) is 81.5 Å². The van der Waals surface area contributed by atoms with Gasteiger partial charge in [-0.2, -0.15) is 0 Å². The van der Waals surface area contributed by atoms with Gasteiger partial charge in [-0.1, -0.05) is 24.3 Å². The highest BCUT2D eigenvalue weighted by molar-refractivity contribution is 5.94. The van der Waals surface area contributed by atoms with Gasteiger partial charge in [-0.25, -0.2) is 9.59 Å². The van der Waals surface area contributed by atoms with E-state index in [0.29, 0.717) is 28.9 Å². The van der Waals surface area contributed by atoms with Crippen LogP contribution in [0.4, 0.5) is 0 Å². The van der Waals surface area contributed by atoms with Gasteiger partial charge < -0.3 is 24.4 Å². The number of esters is 1. The van der Waals surface area contributed by atoms with E-state index in [1.54, 1.807) is 55.5 Å². The summed E-state index contributed by atoms with van der Waals surface area (Å²) < 4.78 is 22.1. The average Bonchev–Trinajstić information content (AvgIpc) is 2.73. The molecule has 0 aliphatic carbocycles. The minimum absolute atomic E-state index is 0.0561. The molecular formula is C23H21NO6. The van der Waals surface area contributed by atoms with Gasteiger partial charge in [0.05, 0.1) is 30.1 Å². The van der Waals surface area contributed by atoms with E-state index < -0.39 is 17.5 Å². The topological polar surface area (TPSA) is 101 Å². The molecule has 2 aromatic carbocycles. The molecule has 0 saturated heterocycles. The van der Waals surface area contributed by atoms with Crippen LogP contribution in [0.3, 0.4) is 0 Å². The summed E-state index contributed by atoms with van der Waals surface area (Å²) in [4.78, 5) is 25.8. The Kier molecular flexibility index (Phi) is 5.18. The molecule has 7 heteroatoms. The average molecular weight is 407 g/mol. The molecule has 30 heavy (non-hydrogen) atoms. The highest BCUT2D eigenvalue weighted by Gasteiger charge is 2.39. The summed E-state index contributed by atoms with van der Waals surface area (Å²) in [6, 6.07) is 14.2. The number of benzene rings is 2. The van der Waals surface area contributed by atoms with Crippen LogP contribution in [0, 0.1) is 0 Å². The predicted molar refractivity (Wildman–Crippen MR) is 110 cm³/mol. The third kappa shape index (κ3) is 3.28. The Balaban J connectivity index is 2.01. The first-order valence-corrected chi connectivity index (χ1v) is 9.68. The molecule has 0 bridgehead atoms. The summed E-state index contributed by atoms with van der Waals surface area (Å²) in [6.45, 7) is 4.20. The van der Waals surface area contributed by atoms with Crippen LogP contribution in [0.2, 0.25) is 0 Å². The molecule has 0 unspecified atom stereocenters. The van der Waals surface area contributed by atoms with Gasteiger partial charge in [-0.15, -0.1) is 0 Å². The van der Waals surface area contributed by atoms with Gasteiger partial charge in [0.25, 0.3) is 0 Å². The van der Waals surface area contributed by atoms with Crippen LogP contribution in [0.15, 0.2) is 69.2 Å². The van der Waals surface area contributed by atoms with E-state index in [9.17, 15) is 9.59 Å². The van der Waals surface area contributed by atoms with Crippen LogP contribution in [0.1, 0.15) is 30.9 Å². The monoisotopic (exact) mass is 407 g/mol.